The van der Waals surface area contributed by atoms with Crippen molar-refractivity contribution in [1.82, 2.24) is 5.48 Å². The zero-order chi connectivity index (χ0) is 15.8. The summed E-state index contributed by atoms with van der Waals surface area (Å²) in [5.41, 5.74) is 4.17. The molecule has 1 atom stereocenters. The Balaban J connectivity index is 1.82. The molecule has 2 aromatic rings. The number of hydrogen-bond acceptors (Lipinski definition) is 2. The molecule has 22 heavy (non-hydrogen) atoms. The summed E-state index contributed by atoms with van der Waals surface area (Å²) < 4.78 is 14.2. The first kappa shape index (κ1) is 16.2. The highest BCUT2D eigenvalue weighted by Gasteiger charge is 2.10. The quantitative estimate of drug-likeness (QED) is 0.604. The van der Waals surface area contributed by atoms with Crippen LogP contribution in [0.15, 0.2) is 54.6 Å². The van der Waals surface area contributed by atoms with Gasteiger partial charge in [0.15, 0.2) is 0 Å². The molecule has 2 aromatic carbocycles. The minimum Gasteiger partial charge on any atom is -0.289 e. The number of hydrogen-bond donors (Lipinski definition) is 2. The molecule has 0 heterocycles. The van der Waals surface area contributed by atoms with E-state index in [1.807, 2.05) is 30.3 Å². The molecule has 3 nitrogen and oxygen atoms in total. The number of carbonyl (C=O) groups is 1. The first-order valence-corrected chi connectivity index (χ1v) is 7.39. The number of hydroxylamine groups is 1. The Morgan fingerprint density at radius 3 is 2.36 bits per heavy atom. The van der Waals surface area contributed by atoms with Crippen LogP contribution in [-0.2, 0) is 17.6 Å². The van der Waals surface area contributed by atoms with Crippen LogP contribution in [0.25, 0.3) is 0 Å². The van der Waals surface area contributed by atoms with E-state index < -0.39 is 12.1 Å². The molecule has 1 unspecified atom stereocenters. The van der Waals surface area contributed by atoms with Gasteiger partial charge in [-0.2, -0.15) is 0 Å². The molecule has 2 N–H and O–H groups in total. The minimum atomic E-state index is -0.996. The van der Waals surface area contributed by atoms with Gasteiger partial charge in [-0.1, -0.05) is 54.6 Å². The zero-order valence-corrected chi connectivity index (χ0v) is 12.3. The largest absolute Gasteiger partial charge is 0.289 e. The van der Waals surface area contributed by atoms with E-state index in [1.165, 1.54) is 5.56 Å². The van der Waals surface area contributed by atoms with E-state index in [0.717, 1.165) is 18.4 Å². The summed E-state index contributed by atoms with van der Waals surface area (Å²) in [5, 5.41) is 8.47. The minimum absolute atomic E-state index is 0.0851. The van der Waals surface area contributed by atoms with E-state index in [-0.39, 0.29) is 6.42 Å². The Morgan fingerprint density at radius 1 is 1.05 bits per heavy atom. The standard InChI is InChI=1S/C18H20FNO2/c19-17(8-4-7-14-5-2-1-3-6-14)16-11-9-15(10-12-16)13-18(21)20-22/h1-3,5-6,9-12,17,22H,4,7-8,13H2,(H,20,21). The third kappa shape index (κ3) is 4.97. The molecule has 0 fully saturated rings. The Hall–Kier alpha value is -2.20. The van der Waals surface area contributed by atoms with Crippen LogP contribution in [0.1, 0.15) is 35.7 Å². The fourth-order valence-electron chi connectivity index (χ4n) is 2.37. The lowest BCUT2D eigenvalue weighted by Crippen LogP contribution is -2.20. The molecule has 0 saturated heterocycles. The first-order chi connectivity index (χ1) is 10.7. The number of alkyl halides is 1. The van der Waals surface area contributed by atoms with Gasteiger partial charge >= 0.3 is 0 Å². The first-order valence-electron chi connectivity index (χ1n) is 7.39. The molecule has 0 saturated carbocycles. The van der Waals surface area contributed by atoms with Crippen LogP contribution < -0.4 is 5.48 Å². The van der Waals surface area contributed by atoms with Crippen molar-refractivity contribution in [2.24, 2.45) is 0 Å². The van der Waals surface area contributed by atoms with Crippen molar-refractivity contribution in [3.63, 3.8) is 0 Å². The highest BCUT2D eigenvalue weighted by molar-refractivity contribution is 5.77. The molecule has 0 aliphatic heterocycles. The normalized spacial score (nSPS) is 11.9. The van der Waals surface area contributed by atoms with Crippen molar-refractivity contribution in [3.05, 3.63) is 71.3 Å². The predicted molar refractivity (Wildman–Crippen MR) is 83.3 cm³/mol. The van der Waals surface area contributed by atoms with E-state index >= 15 is 0 Å². The predicted octanol–water partition coefficient (Wildman–Crippen LogP) is 3.77. The van der Waals surface area contributed by atoms with Crippen LogP contribution in [-0.4, -0.2) is 11.1 Å². The van der Waals surface area contributed by atoms with Gasteiger partial charge in [0, 0.05) is 0 Å². The van der Waals surface area contributed by atoms with Gasteiger partial charge in [-0.25, -0.2) is 9.87 Å². The highest BCUT2D eigenvalue weighted by atomic mass is 19.1. The van der Waals surface area contributed by atoms with Crippen molar-refractivity contribution in [3.8, 4) is 0 Å². The van der Waals surface area contributed by atoms with E-state index in [9.17, 15) is 9.18 Å². The van der Waals surface area contributed by atoms with Gasteiger partial charge in [0.05, 0.1) is 6.42 Å². The Labute approximate surface area is 129 Å². The summed E-state index contributed by atoms with van der Waals surface area (Å²) in [6.07, 6.45) is 1.23. The second-order valence-electron chi connectivity index (χ2n) is 5.30. The summed E-state index contributed by atoms with van der Waals surface area (Å²) in [7, 11) is 0. The molecule has 0 bridgehead atoms. The molecule has 1 amide bonds. The second kappa shape index (κ2) is 8.29. The van der Waals surface area contributed by atoms with E-state index in [0.29, 0.717) is 12.0 Å². The van der Waals surface area contributed by atoms with Crippen molar-refractivity contribution in [2.75, 3.05) is 0 Å². The average molecular weight is 301 g/mol. The van der Waals surface area contributed by atoms with E-state index in [2.05, 4.69) is 0 Å². The van der Waals surface area contributed by atoms with Crippen LogP contribution in [0.3, 0.4) is 0 Å². The number of halogens is 1. The number of benzene rings is 2. The molecule has 4 heteroatoms. The lowest BCUT2D eigenvalue weighted by atomic mass is 10.0. The van der Waals surface area contributed by atoms with Crippen molar-refractivity contribution >= 4 is 5.91 Å². The van der Waals surface area contributed by atoms with E-state index in [4.69, 9.17) is 5.21 Å². The van der Waals surface area contributed by atoms with Crippen LogP contribution in [0, 0.1) is 0 Å². The fraction of sp³-hybridized carbons (Fsp3) is 0.278. The van der Waals surface area contributed by atoms with Crippen LogP contribution >= 0.6 is 0 Å². The maximum absolute atomic E-state index is 14.2. The Morgan fingerprint density at radius 2 is 1.73 bits per heavy atom. The highest BCUT2D eigenvalue weighted by Crippen LogP contribution is 2.24. The molecule has 0 aromatic heterocycles. The van der Waals surface area contributed by atoms with Crippen molar-refractivity contribution in [1.29, 1.82) is 0 Å². The maximum Gasteiger partial charge on any atom is 0.247 e. The van der Waals surface area contributed by atoms with Gasteiger partial charge in [-0.15, -0.1) is 0 Å². The number of rotatable bonds is 7. The Bertz CT molecular complexity index is 584. The summed E-state index contributed by atoms with van der Waals surface area (Å²) in [5.74, 6) is -0.479. The number of amides is 1. The lowest BCUT2D eigenvalue weighted by molar-refractivity contribution is -0.128. The van der Waals surface area contributed by atoms with Crippen molar-refractivity contribution < 1.29 is 14.4 Å². The smallest absolute Gasteiger partial charge is 0.247 e. The molecule has 0 aliphatic rings. The van der Waals surface area contributed by atoms with Gasteiger partial charge in [0.25, 0.3) is 0 Å². The van der Waals surface area contributed by atoms with Gasteiger partial charge < -0.3 is 0 Å². The average Bonchev–Trinajstić information content (AvgIpc) is 2.56. The lowest BCUT2D eigenvalue weighted by Gasteiger charge is -2.09. The number of carbonyl (C=O) groups excluding carboxylic acids is 1. The van der Waals surface area contributed by atoms with Crippen LogP contribution in [0.2, 0.25) is 0 Å². The SMILES string of the molecule is O=C(Cc1ccc(C(F)CCCc2ccccc2)cc1)NO. The topological polar surface area (TPSA) is 49.3 Å². The molecule has 0 spiro atoms. The van der Waals surface area contributed by atoms with Crippen molar-refractivity contribution in [2.45, 2.75) is 31.9 Å². The van der Waals surface area contributed by atoms with Crippen LogP contribution in [0.5, 0.6) is 0 Å². The number of nitrogens with one attached hydrogen (secondary N) is 1. The zero-order valence-electron chi connectivity index (χ0n) is 12.3. The second-order valence-corrected chi connectivity index (χ2v) is 5.30. The van der Waals surface area contributed by atoms with Gasteiger partial charge in [-0.05, 0) is 36.0 Å². The van der Waals surface area contributed by atoms with Gasteiger partial charge in [0.2, 0.25) is 5.91 Å². The third-order valence-corrected chi connectivity index (χ3v) is 3.60. The molecular formula is C18H20FNO2. The summed E-state index contributed by atoms with van der Waals surface area (Å²) >= 11 is 0. The summed E-state index contributed by atoms with van der Waals surface area (Å²) in [4.78, 5) is 11.0. The molecule has 0 radical (unpaired) electrons. The van der Waals surface area contributed by atoms with Gasteiger partial charge in [-0.3, -0.25) is 10.0 Å². The van der Waals surface area contributed by atoms with Gasteiger partial charge in [0.1, 0.15) is 6.17 Å². The van der Waals surface area contributed by atoms with E-state index in [1.54, 1.807) is 29.7 Å². The third-order valence-electron chi connectivity index (χ3n) is 3.60. The summed E-state index contributed by atoms with van der Waals surface area (Å²) in [6, 6.07) is 16.9. The maximum atomic E-state index is 14.2. The molecule has 0 aliphatic carbocycles. The molecular weight excluding hydrogens is 281 g/mol. The molecule has 2 rings (SSSR count). The fourth-order valence-corrected chi connectivity index (χ4v) is 2.37. The monoisotopic (exact) mass is 301 g/mol. The Kier molecular flexibility index (Phi) is 6.10. The number of aryl methyl sites for hydroxylation is 1. The van der Waals surface area contributed by atoms with Crippen LogP contribution in [0.4, 0.5) is 4.39 Å². The molecule has 116 valence electrons. The summed E-state index contributed by atoms with van der Waals surface area (Å²) in [6.45, 7) is 0.